The molecular formula is C19H33Br2ClO3. The number of hydrogen-bond donors (Lipinski definition) is 2. The van der Waals surface area contributed by atoms with Gasteiger partial charge < -0.3 is 14.9 Å². The van der Waals surface area contributed by atoms with Crippen LogP contribution in [0.15, 0.2) is 0 Å². The minimum Gasteiger partial charge on any atom is -0.393 e. The summed E-state index contributed by atoms with van der Waals surface area (Å²) >= 11 is 13.5. The van der Waals surface area contributed by atoms with E-state index in [2.05, 4.69) is 52.6 Å². The molecule has 25 heavy (non-hydrogen) atoms. The van der Waals surface area contributed by atoms with E-state index in [9.17, 15) is 10.2 Å². The fraction of sp³-hybridized carbons (Fsp3) is 1.00. The molecule has 2 aliphatic rings. The predicted octanol–water partition coefficient (Wildman–Crippen LogP) is 5.02. The molecule has 1 aliphatic carbocycles. The lowest BCUT2D eigenvalue weighted by Crippen LogP contribution is -2.57. The Hall–Kier alpha value is 1.13. The van der Waals surface area contributed by atoms with Crippen LogP contribution in [0.4, 0.5) is 0 Å². The molecule has 1 heterocycles. The van der Waals surface area contributed by atoms with Crippen LogP contribution in [-0.2, 0) is 4.74 Å². The van der Waals surface area contributed by atoms with Crippen LogP contribution in [0.3, 0.4) is 0 Å². The van der Waals surface area contributed by atoms with E-state index in [0.717, 1.165) is 38.5 Å². The zero-order chi connectivity index (χ0) is 19.0. The Morgan fingerprint density at radius 3 is 2.36 bits per heavy atom. The zero-order valence-electron chi connectivity index (χ0n) is 15.8. The van der Waals surface area contributed by atoms with E-state index < -0.39 is 11.7 Å². The normalized spacial score (nSPS) is 46.0. The molecule has 0 radical (unpaired) electrons. The lowest BCUT2D eigenvalue weighted by molar-refractivity contribution is -0.211. The van der Waals surface area contributed by atoms with Gasteiger partial charge in [-0.1, -0.05) is 45.7 Å². The van der Waals surface area contributed by atoms with Gasteiger partial charge in [0, 0.05) is 9.65 Å². The first-order valence-electron chi connectivity index (χ1n) is 9.36. The maximum atomic E-state index is 10.6. The van der Waals surface area contributed by atoms with Gasteiger partial charge in [0.15, 0.2) is 0 Å². The quantitative estimate of drug-likeness (QED) is 0.517. The highest BCUT2D eigenvalue weighted by atomic mass is 79.9. The van der Waals surface area contributed by atoms with Crippen LogP contribution >= 0.6 is 43.5 Å². The van der Waals surface area contributed by atoms with Gasteiger partial charge in [-0.05, 0) is 63.7 Å². The first-order valence-corrected chi connectivity index (χ1v) is 11.7. The Morgan fingerprint density at radius 1 is 1.12 bits per heavy atom. The topological polar surface area (TPSA) is 49.7 Å². The summed E-state index contributed by atoms with van der Waals surface area (Å²) in [6, 6.07) is 0. The van der Waals surface area contributed by atoms with Crippen molar-refractivity contribution in [3.63, 3.8) is 0 Å². The molecule has 3 nitrogen and oxygen atoms in total. The molecule has 6 heteroatoms. The van der Waals surface area contributed by atoms with Crippen LogP contribution < -0.4 is 0 Å². The number of halogens is 3. The van der Waals surface area contributed by atoms with Crippen molar-refractivity contribution in [1.82, 2.24) is 0 Å². The Morgan fingerprint density at radius 2 is 1.76 bits per heavy atom. The summed E-state index contributed by atoms with van der Waals surface area (Å²) in [6.45, 7) is 8.58. The first-order chi connectivity index (χ1) is 11.5. The van der Waals surface area contributed by atoms with E-state index in [4.69, 9.17) is 16.3 Å². The predicted molar refractivity (Wildman–Crippen MR) is 111 cm³/mol. The first kappa shape index (κ1) is 22.4. The third-order valence-electron chi connectivity index (χ3n) is 6.77. The zero-order valence-corrected chi connectivity index (χ0v) is 19.7. The molecule has 2 fully saturated rings. The van der Waals surface area contributed by atoms with Gasteiger partial charge in [-0.25, -0.2) is 0 Å². The second kappa shape index (κ2) is 8.24. The molecule has 0 amide bonds. The maximum Gasteiger partial charge on any atom is 0.0962 e. The standard InChI is InChI=1S/C19H33Br2ClO3/c1-17(2)12(13(23)5-6-14(17)20)7-9-18(3)15(21)8-10-19(4,25-18)16(24)11-22/h12-16,23-24H,5-11H2,1-4H3. The fourth-order valence-corrected chi connectivity index (χ4v) is 6.08. The minimum atomic E-state index is -0.669. The van der Waals surface area contributed by atoms with E-state index in [1.807, 2.05) is 6.92 Å². The summed E-state index contributed by atoms with van der Waals surface area (Å²) in [5, 5.41) is 20.9. The minimum absolute atomic E-state index is 0.0451. The van der Waals surface area contributed by atoms with Crippen molar-refractivity contribution >= 4 is 43.5 Å². The van der Waals surface area contributed by atoms with Crippen LogP contribution in [0, 0.1) is 11.3 Å². The van der Waals surface area contributed by atoms with Crippen molar-refractivity contribution in [2.75, 3.05) is 5.88 Å². The van der Waals surface area contributed by atoms with Gasteiger partial charge in [0.1, 0.15) is 0 Å². The van der Waals surface area contributed by atoms with Gasteiger partial charge >= 0.3 is 0 Å². The van der Waals surface area contributed by atoms with Crippen LogP contribution in [0.2, 0.25) is 0 Å². The molecule has 0 bridgehead atoms. The van der Waals surface area contributed by atoms with Gasteiger partial charge in [-0.3, -0.25) is 0 Å². The third kappa shape index (κ3) is 4.59. The van der Waals surface area contributed by atoms with Gasteiger partial charge in [0.25, 0.3) is 0 Å². The summed E-state index contributed by atoms with van der Waals surface area (Å²) < 4.78 is 6.47. The molecule has 7 atom stereocenters. The number of rotatable bonds is 5. The van der Waals surface area contributed by atoms with Crippen LogP contribution in [0.5, 0.6) is 0 Å². The molecule has 0 aromatic heterocycles. The molecule has 2 N–H and O–H groups in total. The average molecular weight is 505 g/mol. The average Bonchev–Trinajstić information content (AvgIpc) is 2.54. The molecule has 1 saturated carbocycles. The monoisotopic (exact) mass is 502 g/mol. The molecule has 0 aromatic carbocycles. The van der Waals surface area contributed by atoms with Crippen LogP contribution in [0.1, 0.15) is 66.2 Å². The molecule has 7 unspecified atom stereocenters. The summed E-state index contributed by atoms with van der Waals surface area (Å²) in [4.78, 5) is 0.663. The molecule has 0 aromatic rings. The van der Waals surface area contributed by atoms with Gasteiger partial charge in [0.2, 0.25) is 0 Å². The largest absolute Gasteiger partial charge is 0.393 e. The van der Waals surface area contributed by atoms with Crippen LogP contribution in [-0.4, -0.2) is 49.2 Å². The lowest BCUT2D eigenvalue weighted by Gasteiger charge is -2.51. The Kier molecular flexibility index (Phi) is 7.39. The van der Waals surface area contributed by atoms with Gasteiger partial charge in [-0.15, -0.1) is 11.6 Å². The SMILES string of the molecule is CC1(C(O)CCl)CCC(Br)C(C)(CCC2C(O)CCC(Br)C2(C)C)O1. The molecule has 148 valence electrons. The molecule has 1 aliphatic heterocycles. The molecule has 2 rings (SSSR count). The highest BCUT2D eigenvalue weighted by molar-refractivity contribution is 9.09. The van der Waals surface area contributed by atoms with E-state index in [0.29, 0.717) is 4.83 Å². The Bertz CT molecular complexity index is 464. The number of alkyl halides is 3. The van der Waals surface area contributed by atoms with Gasteiger partial charge in [0.05, 0.1) is 29.3 Å². The van der Waals surface area contributed by atoms with Crippen molar-refractivity contribution in [3.05, 3.63) is 0 Å². The smallest absolute Gasteiger partial charge is 0.0962 e. The summed E-state index contributed by atoms with van der Waals surface area (Å²) in [6.07, 6.45) is 4.41. The number of hydrogen-bond acceptors (Lipinski definition) is 3. The van der Waals surface area contributed by atoms with Crippen molar-refractivity contribution in [1.29, 1.82) is 0 Å². The molecular weight excluding hydrogens is 471 g/mol. The number of ether oxygens (including phenoxy) is 1. The Labute approximate surface area is 174 Å². The second-order valence-electron chi connectivity index (χ2n) is 8.98. The van der Waals surface area contributed by atoms with E-state index in [1.54, 1.807) is 0 Å². The third-order valence-corrected chi connectivity index (χ3v) is 10.1. The van der Waals surface area contributed by atoms with Gasteiger partial charge in [-0.2, -0.15) is 0 Å². The van der Waals surface area contributed by atoms with Crippen molar-refractivity contribution in [3.8, 4) is 0 Å². The lowest BCUT2D eigenvalue weighted by atomic mass is 9.64. The summed E-state index contributed by atoms with van der Waals surface area (Å²) in [5.41, 5.74) is -0.946. The Balaban J connectivity index is 2.11. The summed E-state index contributed by atoms with van der Waals surface area (Å²) in [5.74, 6) is 0.413. The van der Waals surface area contributed by atoms with E-state index in [-0.39, 0.29) is 33.7 Å². The van der Waals surface area contributed by atoms with Crippen LogP contribution in [0.25, 0.3) is 0 Å². The fourth-order valence-electron chi connectivity index (χ4n) is 4.60. The van der Waals surface area contributed by atoms with Crippen molar-refractivity contribution < 1.29 is 14.9 Å². The maximum absolute atomic E-state index is 10.6. The highest BCUT2D eigenvalue weighted by Gasteiger charge is 2.50. The molecule has 1 saturated heterocycles. The van der Waals surface area contributed by atoms with Crippen molar-refractivity contribution in [2.24, 2.45) is 11.3 Å². The number of aliphatic hydroxyl groups excluding tert-OH is 2. The highest BCUT2D eigenvalue weighted by Crippen LogP contribution is 2.49. The number of aliphatic hydroxyl groups is 2. The second-order valence-corrected chi connectivity index (χ2v) is 11.5. The summed E-state index contributed by atoms with van der Waals surface area (Å²) in [7, 11) is 0. The molecule has 0 spiro atoms. The van der Waals surface area contributed by atoms with E-state index in [1.165, 1.54) is 0 Å². The van der Waals surface area contributed by atoms with E-state index >= 15 is 0 Å². The van der Waals surface area contributed by atoms with Crippen molar-refractivity contribution in [2.45, 2.75) is 99.3 Å².